The van der Waals surface area contributed by atoms with Gasteiger partial charge < -0.3 is 10.5 Å². The van der Waals surface area contributed by atoms with Gasteiger partial charge in [-0.3, -0.25) is 10.1 Å². The Bertz CT molecular complexity index is 652. The van der Waals surface area contributed by atoms with Crippen molar-refractivity contribution in [1.29, 1.82) is 0 Å². The smallest absolute Gasteiger partial charge is 0.239 e. The summed E-state index contributed by atoms with van der Waals surface area (Å²) in [7, 11) is 0. The second-order valence-electron chi connectivity index (χ2n) is 6.16. The summed E-state index contributed by atoms with van der Waals surface area (Å²) in [6.45, 7) is 0.513. The van der Waals surface area contributed by atoms with Crippen LogP contribution in [0.4, 0.5) is 0 Å². The monoisotopic (exact) mass is 325 g/mol. The molecule has 24 heavy (non-hydrogen) atoms. The number of amides is 1. The Balaban J connectivity index is 1.57. The summed E-state index contributed by atoms with van der Waals surface area (Å²) >= 11 is 0. The Hall–Kier alpha value is -2.40. The molecule has 1 aromatic heterocycles. The molecule has 0 aliphatic heterocycles. The highest BCUT2D eigenvalue weighted by Crippen LogP contribution is 2.23. The van der Waals surface area contributed by atoms with Gasteiger partial charge in [-0.05, 0) is 36.8 Å². The van der Waals surface area contributed by atoms with Gasteiger partial charge >= 0.3 is 0 Å². The lowest BCUT2D eigenvalue weighted by Gasteiger charge is -2.16. The maximum absolute atomic E-state index is 11.7. The number of primary amides is 1. The number of carbonyl (C=O) groups is 1. The van der Waals surface area contributed by atoms with Crippen molar-refractivity contribution < 1.29 is 9.53 Å². The zero-order chi connectivity index (χ0) is 16.8. The van der Waals surface area contributed by atoms with Gasteiger partial charge in [-0.1, -0.05) is 36.4 Å². The second-order valence-corrected chi connectivity index (χ2v) is 6.16. The molecule has 5 heteroatoms. The predicted octanol–water partition coefficient (Wildman–Crippen LogP) is 2.72. The van der Waals surface area contributed by atoms with E-state index in [2.05, 4.69) is 10.3 Å². The molecule has 2 aromatic rings. The van der Waals surface area contributed by atoms with Crippen molar-refractivity contribution in [3.63, 3.8) is 0 Å². The van der Waals surface area contributed by atoms with Gasteiger partial charge in [0.15, 0.2) is 0 Å². The van der Waals surface area contributed by atoms with Crippen LogP contribution in [0.15, 0.2) is 48.7 Å². The standard InChI is InChI=1S/C19H23N3O2/c20-19(23)18(15-6-2-1-3-7-15)22-13-14-10-11-17(21-12-14)24-16-8-4-5-9-16/h1-3,6-7,10-12,16,18,22H,4-5,8-9,13H2,(H2,20,23)/t18-/m0/s1. The van der Waals surface area contributed by atoms with Crippen LogP contribution in [0.3, 0.4) is 0 Å². The maximum atomic E-state index is 11.7. The fraction of sp³-hybridized carbons (Fsp3) is 0.368. The Morgan fingerprint density at radius 3 is 2.58 bits per heavy atom. The number of carbonyl (C=O) groups excluding carboxylic acids is 1. The number of rotatable bonds is 7. The molecular weight excluding hydrogens is 302 g/mol. The largest absolute Gasteiger partial charge is 0.474 e. The number of ether oxygens (including phenoxy) is 1. The van der Waals surface area contributed by atoms with E-state index >= 15 is 0 Å². The minimum Gasteiger partial charge on any atom is -0.474 e. The molecule has 0 spiro atoms. The molecule has 1 saturated carbocycles. The van der Waals surface area contributed by atoms with Gasteiger partial charge in [-0.2, -0.15) is 0 Å². The number of aromatic nitrogens is 1. The summed E-state index contributed by atoms with van der Waals surface area (Å²) in [5.74, 6) is 0.274. The molecular formula is C19H23N3O2. The SMILES string of the molecule is NC(=O)[C@@H](NCc1ccc(OC2CCCC2)nc1)c1ccccc1. The van der Waals surface area contributed by atoms with Crippen LogP contribution in [-0.2, 0) is 11.3 Å². The summed E-state index contributed by atoms with van der Waals surface area (Å²) < 4.78 is 5.86. The Morgan fingerprint density at radius 2 is 1.96 bits per heavy atom. The lowest BCUT2D eigenvalue weighted by atomic mass is 10.1. The average molecular weight is 325 g/mol. The number of hydrogen-bond acceptors (Lipinski definition) is 4. The third-order valence-electron chi connectivity index (χ3n) is 4.31. The first kappa shape index (κ1) is 16.5. The highest BCUT2D eigenvalue weighted by molar-refractivity contribution is 5.81. The molecule has 5 nitrogen and oxygen atoms in total. The molecule has 0 bridgehead atoms. The molecule has 3 rings (SSSR count). The lowest BCUT2D eigenvalue weighted by Crippen LogP contribution is -2.33. The minimum absolute atomic E-state index is 0.304. The van der Waals surface area contributed by atoms with Crippen molar-refractivity contribution in [2.75, 3.05) is 0 Å². The van der Waals surface area contributed by atoms with Crippen LogP contribution >= 0.6 is 0 Å². The van der Waals surface area contributed by atoms with Crippen molar-refractivity contribution in [2.24, 2.45) is 5.73 Å². The molecule has 0 radical (unpaired) electrons. The predicted molar refractivity (Wildman–Crippen MR) is 92.3 cm³/mol. The maximum Gasteiger partial charge on any atom is 0.239 e. The molecule has 0 unspecified atom stereocenters. The zero-order valence-corrected chi connectivity index (χ0v) is 13.7. The first-order valence-corrected chi connectivity index (χ1v) is 8.41. The molecule has 1 aliphatic rings. The number of hydrogen-bond donors (Lipinski definition) is 2. The van der Waals surface area contributed by atoms with Gasteiger partial charge in [-0.25, -0.2) is 4.98 Å². The van der Waals surface area contributed by atoms with Gasteiger partial charge in [0, 0.05) is 18.8 Å². The zero-order valence-electron chi connectivity index (χ0n) is 13.7. The van der Waals surface area contributed by atoms with Crippen LogP contribution in [0.1, 0.15) is 42.9 Å². The van der Waals surface area contributed by atoms with Gasteiger partial charge in [0.2, 0.25) is 11.8 Å². The van der Waals surface area contributed by atoms with Crippen LogP contribution in [0.2, 0.25) is 0 Å². The molecule has 1 amide bonds. The molecule has 1 heterocycles. The second kappa shape index (κ2) is 7.93. The van der Waals surface area contributed by atoms with Crippen molar-refractivity contribution in [2.45, 2.75) is 44.4 Å². The van der Waals surface area contributed by atoms with Crippen molar-refractivity contribution in [3.8, 4) is 5.88 Å². The number of nitrogens with one attached hydrogen (secondary N) is 1. The fourth-order valence-electron chi connectivity index (χ4n) is 3.01. The third kappa shape index (κ3) is 4.32. The van der Waals surface area contributed by atoms with Gasteiger partial charge in [0.05, 0.1) is 0 Å². The van der Waals surface area contributed by atoms with E-state index in [1.165, 1.54) is 12.8 Å². The van der Waals surface area contributed by atoms with E-state index in [1.807, 2.05) is 42.5 Å². The summed E-state index contributed by atoms with van der Waals surface area (Å²) in [5.41, 5.74) is 7.35. The number of pyridine rings is 1. The number of nitrogens with two attached hydrogens (primary N) is 1. The van der Waals surface area contributed by atoms with Crippen LogP contribution in [0, 0.1) is 0 Å². The summed E-state index contributed by atoms with van der Waals surface area (Å²) in [6.07, 6.45) is 6.78. The third-order valence-corrected chi connectivity index (χ3v) is 4.31. The molecule has 126 valence electrons. The van der Waals surface area contributed by atoms with Crippen LogP contribution < -0.4 is 15.8 Å². The average Bonchev–Trinajstić information content (AvgIpc) is 3.10. The molecule has 3 N–H and O–H groups in total. The Kier molecular flexibility index (Phi) is 5.43. The molecule has 0 saturated heterocycles. The van der Waals surface area contributed by atoms with Gasteiger partial charge in [-0.15, -0.1) is 0 Å². The van der Waals surface area contributed by atoms with Gasteiger partial charge in [0.25, 0.3) is 0 Å². The first-order valence-electron chi connectivity index (χ1n) is 8.41. The van der Waals surface area contributed by atoms with E-state index in [-0.39, 0.29) is 0 Å². The Labute approximate surface area is 142 Å². The lowest BCUT2D eigenvalue weighted by molar-refractivity contribution is -0.120. The van der Waals surface area contributed by atoms with Gasteiger partial charge in [0.1, 0.15) is 12.1 Å². The fourth-order valence-corrected chi connectivity index (χ4v) is 3.01. The van der Waals surface area contributed by atoms with E-state index in [1.54, 1.807) is 6.20 Å². The van der Waals surface area contributed by atoms with E-state index < -0.39 is 11.9 Å². The summed E-state index contributed by atoms with van der Waals surface area (Å²) in [4.78, 5) is 16.1. The molecule has 1 fully saturated rings. The minimum atomic E-state index is -0.513. The summed E-state index contributed by atoms with van der Waals surface area (Å²) in [6, 6.07) is 12.8. The quantitative estimate of drug-likeness (QED) is 0.820. The van der Waals surface area contributed by atoms with E-state index in [0.29, 0.717) is 18.5 Å². The summed E-state index contributed by atoms with van der Waals surface area (Å²) in [5, 5.41) is 3.19. The van der Waals surface area contributed by atoms with Crippen molar-refractivity contribution in [1.82, 2.24) is 10.3 Å². The van der Waals surface area contributed by atoms with Crippen LogP contribution in [-0.4, -0.2) is 17.0 Å². The first-order chi connectivity index (χ1) is 11.7. The number of nitrogens with zero attached hydrogens (tertiary/aromatic N) is 1. The number of benzene rings is 1. The van der Waals surface area contributed by atoms with Crippen LogP contribution in [0.5, 0.6) is 5.88 Å². The Morgan fingerprint density at radius 1 is 1.21 bits per heavy atom. The van der Waals surface area contributed by atoms with E-state index in [0.717, 1.165) is 24.0 Å². The highest BCUT2D eigenvalue weighted by Gasteiger charge is 2.18. The topological polar surface area (TPSA) is 77.2 Å². The molecule has 1 aromatic carbocycles. The van der Waals surface area contributed by atoms with E-state index in [9.17, 15) is 4.79 Å². The normalized spacial score (nSPS) is 16.0. The highest BCUT2D eigenvalue weighted by atomic mass is 16.5. The molecule has 1 atom stereocenters. The van der Waals surface area contributed by atoms with Crippen molar-refractivity contribution in [3.05, 3.63) is 59.8 Å². The van der Waals surface area contributed by atoms with E-state index in [4.69, 9.17) is 10.5 Å². The molecule has 1 aliphatic carbocycles. The van der Waals surface area contributed by atoms with Crippen molar-refractivity contribution >= 4 is 5.91 Å². The van der Waals surface area contributed by atoms with Crippen LogP contribution in [0.25, 0.3) is 0 Å².